The molecule has 0 spiro atoms. The van der Waals surface area contributed by atoms with Crippen LogP contribution in [0.4, 0.5) is 5.69 Å². The fourth-order valence-corrected chi connectivity index (χ4v) is 2.48. The third-order valence-corrected chi connectivity index (χ3v) is 3.61. The lowest BCUT2D eigenvalue weighted by molar-refractivity contribution is 0.600. The first-order chi connectivity index (χ1) is 8.29. The van der Waals surface area contributed by atoms with Gasteiger partial charge in [-0.15, -0.1) is 0 Å². The Morgan fingerprint density at radius 3 is 2.53 bits per heavy atom. The molecule has 0 bridgehead atoms. The van der Waals surface area contributed by atoms with Crippen molar-refractivity contribution in [1.29, 1.82) is 0 Å². The van der Waals surface area contributed by atoms with Gasteiger partial charge < -0.3 is 4.55 Å². The molecule has 3 heteroatoms. The minimum absolute atomic E-state index is 0.813. The zero-order valence-corrected chi connectivity index (χ0v) is 10.5. The molecule has 0 radical (unpaired) electrons. The van der Waals surface area contributed by atoms with Gasteiger partial charge in [0, 0.05) is 0 Å². The number of rotatable bonds is 4. The molecule has 0 saturated heterocycles. The molecule has 0 saturated carbocycles. The van der Waals surface area contributed by atoms with Gasteiger partial charge in [-0.2, -0.15) is 0 Å². The van der Waals surface area contributed by atoms with Gasteiger partial charge in [0.25, 0.3) is 0 Å². The summed E-state index contributed by atoms with van der Waals surface area (Å²) in [5.41, 5.74) is 2.07. The normalized spacial score (nSPS) is 12.1. The molecule has 2 nitrogen and oxygen atoms in total. The Hall–Kier alpha value is -1.45. The van der Waals surface area contributed by atoms with Gasteiger partial charge in [0.05, 0.1) is 5.69 Å². The summed E-state index contributed by atoms with van der Waals surface area (Å²) < 4.78 is 15.1. The quantitative estimate of drug-likeness (QED) is 0.838. The van der Waals surface area contributed by atoms with E-state index in [4.69, 9.17) is 0 Å². The van der Waals surface area contributed by atoms with Gasteiger partial charge in [0.1, 0.15) is 11.4 Å². The molecule has 88 valence electrons. The fourth-order valence-electron chi connectivity index (χ4n) is 1.55. The van der Waals surface area contributed by atoms with Crippen LogP contribution in [0.15, 0.2) is 59.5 Å². The Morgan fingerprint density at radius 2 is 1.82 bits per heavy atom. The maximum Gasteiger partial charge on any atom is 0.180 e. The van der Waals surface area contributed by atoms with E-state index in [2.05, 4.69) is 11.6 Å². The molecule has 2 aromatic carbocycles. The second-order valence-electron chi connectivity index (χ2n) is 3.74. The average Bonchev–Trinajstić information content (AvgIpc) is 2.40. The van der Waals surface area contributed by atoms with Crippen LogP contribution in [0.1, 0.15) is 12.5 Å². The molecule has 0 fully saturated rings. The highest BCUT2D eigenvalue weighted by molar-refractivity contribution is 7.92. The van der Waals surface area contributed by atoms with Crippen molar-refractivity contribution in [3.05, 3.63) is 60.2 Å². The topological polar surface area (TPSA) is 35.1 Å². The standard InChI is InChI=1S/C14H15NOS/c1-2-12-7-6-10-14(11-12)17(16)15-13-8-4-3-5-9-13/h3-11,15H,2H2,1H3. The zero-order valence-electron chi connectivity index (χ0n) is 9.72. The van der Waals surface area contributed by atoms with Gasteiger partial charge >= 0.3 is 0 Å². The van der Waals surface area contributed by atoms with E-state index in [-0.39, 0.29) is 0 Å². The maximum absolute atomic E-state index is 12.1. The lowest BCUT2D eigenvalue weighted by Crippen LogP contribution is -2.13. The van der Waals surface area contributed by atoms with Crippen LogP contribution in [0.5, 0.6) is 0 Å². The van der Waals surface area contributed by atoms with Crippen LogP contribution in [0, 0.1) is 0 Å². The zero-order chi connectivity index (χ0) is 12.1. The second-order valence-corrected chi connectivity index (χ2v) is 4.95. The summed E-state index contributed by atoms with van der Waals surface area (Å²) >= 11 is -1.20. The molecule has 0 aliphatic carbocycles. The van der Waals surface area contributed by atoms with Crippen LogP contribution < -0.4 is 4.72 Å². The van der Waals surface area contributed by atoms with Crippen LogP contribution in [0.25, 0.3) is 0 Å². The summed E-state index contributed by atoms with van der Waals surface area (Å²) in [7, 11) is 0. The van der Waals surface area contributed by atoms with Crippen molar-refractivity contribution in [2.45, 2.75) is 18.2 Å². The van der Waals surface area contributed by atoms with E-state index < -0.39 is 11.4 Å². The van der Waals surface area contributed by atoms with E-state index in [0.29, 0.717) is 0 Å². The highest BCUT2D eigenvalue weighted by Gasteiger charge is 2.11. The van der Waals surface area contributed by atoms with E-state index in [1.807, 2.05) is 54.6 Å². The Bertz CT molecular complexity index is 473. The number of hydrogen-bond acceptors (Lipinski definition) is 2. The van der Waals surface area contributed by atoms with Gasteiger partial charge in [-0.3, -0.25) is 0 Å². The van der Waals surface area contributed by atoms with Crippen molar-refractivity contribution in [3.8, 4) is 0 Å². The number of para-hydroxylation sites is 1. The molecule has 0 heterocycles. The van der Waals surface area contributed by atoms with Gasteiger partial charge in [-0.05, 0) is 36.2 Å². The largest absolute Gasteiger partial charge is 0.588 e. The third kappa shape index (κ3) is 3.25. The summed E-state index contributed by atoms with van der Waals surface area (Å²) in [6, 6.07) is 17.4. The van der Waals surface area contributed by atoms with Crippen LogP contribution in [0.3, 0.4) is 0 Å². The lowest BCUT2D eigenvalue weighted by atomic mass is 10.2. The fraction of sp³-hybridized carbons (Fsp3) is 0.143. The molecular weight excluding hydrogens is 230 g/mol. The summed E-state index contributed by atoms with van der Waals surface area (Å²) in [6.07, 6.45) is 0.955. The van der Waals surface area contributed by atoms with Crippen molar-refractivity contribution in [2.24, 2.45) is 0 Å². The predicted molar refractivity (Wildman–Crippen MR) is 72.3 cm³/mol. The van der Waals surface area contributed by atoms with Crippen molar-refractivity contribution >= 4 is 17.0 Å². The minimum atomic E-state index is -1.20. The van der Waals surface area contributed by atoms with Crippen molar-refractivity contribution in [2.75, 3.05) is 4.72 Å². The Kier molecular flexibility index (Phi) is 4.07. The van der Waals surface area contributed by atoms with Crippen LogP contribution >= 0.6 is 0 Å². The lowest BCUT2D eigenvalue weighted by Gasteiger charge is -2.11. The van der Waals surface area contributed by atoms with Gasteiger partial charge in [-0.25, -0.2) is 4.72 Å². The molecule has 0 aliphatic rings. The number of hydrogen-bond donors (Lipinski definition) is 1. The molecule has 0 aromatic heterocycles. The third-order valence-electron chi connectivity index (χ3n) is 2.51. The van der Waals surface area contributed by atoms with Gasteiger partial charge in [0.15, 0.2) is 4.90 Å². The molecule has 0 aliphatic heterocycles. The van der Waals surface area contributed by atoms with E-state index >= 15 is 0 Å². The molecular formula is C14H15NOS. The first-order valence-corrected chi connectivity index (χ1v) is 6.77. The van der Waals surface area contributed by atoms with E-state index in [1.165, 1.54) is 5.56 Å². The van der Waals surface area contributed by atoms with Gasteiger partial charge in [0.2, 0.25) is 0 Å². The summed E-state index contributed by atoms with van der Waals surface area (Å²) in [5.74, 6) is 0. The predicted octanol–water partition coefficient (Wildman–Crippen LogP) is 3.38. The average molecular weight is 245 g/mol. The van der Waals surface area contributed by atoms with Crippen molar-refractivity contribution < 1.29 is 4.55 Å². The summed E-state index contributed by atoms with van der Waals surface area (Å²) in [5, 5.41) is 0. The highest BCUT2D eigenvalue weighted by Crippen LogP contribution is 2.16. The van der Waals surface area contributed by atoms with Crippen LogP contribution in [-0.2, 0) is 17.8 Å². The van der Waals surface area contributed by atoms with Crippen molar-refractivity contribution in [1.82, 2.24) is 0 Å². The molecule has 1 atom stereocenters. The first kappa shape index (κ1) is 12.0. The number of benzene rings is 2. The summed E-state index contributed by atoms with van der Waals surface area (Å²) in [4.78, 5) is 0.813. The minimum Gasteiger partial charge on any atom is -0.588 e. The molecule has 1 N–H and O–H groups in total. The van der Waals surface area contributed by atoms with Crippen LogP contribution in [-0.4, -0.2) is 4.55 Å². The first-order valence-electron chi connectivity index (χ1n) is 5.62. The van der Waals surface area contributed by atoms with E-state index in [1.54, 1.807) is 0 Å². The SMILES string of the molecule is CCc1cccc([S+]([O-])Nc2ccccc2)c1. The molecule has 1 unspecified atom stereocenters. The van der Waals surface area contributed by atoms with E-state index in [0.717, 1.165) is 17.0 Å². The number of nitrogens with one attached hydrogen (secondary N) is 1. The number of aryl methyl sites for hydroxylation is 1. The number of anilines is 1. The van der Waals surface area contributed by atoms with E-state index in [9.17, 15) is 4.55 Å². The second kappa shape index (κ2) is 5.75. The van der Waals surface area contributed by atoms with Crippen molar-refractivity contribution in [3.63, 3.8) is 0 Å². The molecule has 17 heavy (non-hydrogen) atoms. The molecule has 2 aromatic rings. The smallest absolute Gasteiger partial charge is 0.180 e. The molecule has 0 amide bonds. The van der Waals surface area contributed by atoms with Crippen LogP contribution in [0.2, 0.25) is 0 Å². The van der Waals surface area contributed by atoms with Gasteiger partial charge in [-0.1, -0.05) is 37.3 Å². The summed E-state index contributed by atoms with van der Waals surface area (Å²) in [6.45, 7) is 2.09. The molecule has 2 rings (SSSR count). The Morgan fingerprint density at radius 1 is 1.06 bits per heavy atom. The Balaban J connectivity index is 2.11. The monoisotopic (exact) mass is 245 g/mol. The highest BCUT2D eigenvalue weighted by atomic mass is 32.2. The maximum atomic E-state index is 12.1. The Labute approximate surface area is 105 Å².